The van der Waals surface area contributed by atoms with Gasteiger partial charge >= 0.3 is 6.09 Å². The number of halogens is 2. The van der Waals surface area contributed by atoms with Crippen molar-refractivity contribution in [2.24, 2.45) is 5.92 Å². The molecule has 2 aliphatic heterocycles. The van der Waals surface area contributed by atoms with E-state index >= 15 is 0 Å². The highest BCUT2D eigenvalue weighted by atomic mass is 35.5. The number of hydrogen-bond donors (Lipinski definition) is 2. The van der Waals surface area contributed by atoms with Gasteiger partial charge in [0.05, 0.1) is 43.8 Å². The van der Waals surface area contributed by atoms with Gasteiger partial charge in [-0.05, 0) is 28.8 Å². The number of hydrogen-bond acceptors (Lipinski definition) is 8. The Morgan fingerprint density at radius 1 is 1.00 bits per heavy atom. The van der Waals surface area contributed by atoms with E-state index in [0.29, 0.717) is 17.8 Å². The molecule has 0 saturated carbocycles. The first kappa shape index (κ1) is 32.7. The summed E-state index contributed by atoms with van der Waals surface area (Å²) >= 11 is 12.5. The molecule has 5 atom stereocenters. The van der Waals surface area contributed by atoms with Crippen molar-refractivity contribution in [3.05, 3.63) is 118 Å². The van der Waals surface area contributed by atoms with Crippen molar-refractivity contribution in [3.63, 3.8) is 0 Å². The SMILES string of the molecule is C[C@@H]1[C@H](Cn2cnc(Cl)c2Cl)O[C@H](c2cccc(N3C(=O)CC(NC(=O)OCc4ccccc4)C3=O)c2)O[C@@H]1c1ccc(CO)cc1. The zero-order valence-corrected chi connectivity index (χ0v) is 26.8. The third-order valence-corrected chi connectivity index (χ3v) is 9.05. The van der Waals surface area contributed by atoms with Crippen LogP contribution in [0.15, 0.2) is 85.2 Å². The number of aromatic nitrogens is 2. The van der Waals surface area contributed by atoms with Gasteiger partial charge in [-0.3, -0.25) is 9.59 Å². The molecule has 2 aliphatic rings. The Hall–Kier alpha value is -4.26. The number of carbonyl (C=O) groups excluding carboxylic acids is 3. The number of aliphatic hydroxyl groups is 1. The summed E-state index contributed by atoms with van der Waals surface area (Å²) < 4.78 is 20.0. The number of amides is 3. The van der Waals surface area contributed by atoms with E-state index in [1.807, 2.05) is 61.5 Å². The average molecular weight is 680 g/mol. The minimum absolute atomic E-state index is 0.0287. The first-order valence-corrected chi connectivity index (χ1v) is 15.8. The van der Waals surface area contributed by atoms with Gasteiger partial charge < -0.3 is 29.2 Å². The molecule has 4 aromatic rings. The lowest BCUT2D eigenvalue weighted by Crippen LogP contribution is -2.42. The van der Waals surface area contributed by atoms with Gasteiger partial charge in [-0.1, -0.05) is 96.9 Å². The van der Waals surface area contributed by atoms with Crippen LogP contribution in [0.25, 0.3) is 0 Å². The summed E-state index contributed by atoms with van der Waals surface area (Å²) in [6.45, 7) is 2.29. The number of alkyl carbamates (subject to hydrolysis) is 1. The molecule has 3 amide bonds. The number of ether oxygens (including phenoxy) is 3. The second-order valence-corrected chi connectivity index (χ2v) is 12.1. The van der Waals surface area contributed by atoms with Crippen molar-refractivity contribution < 1.29 is 33.7 Å². The first-order chi connectivity index (χ1) is 22.7. The molecule has 3 heterocycles. The zero-order valence-electron chi connectivity index (χ0n) is 25.3. The fraction of sp³-hybridized carbons (Fsp3) is 0.294. The number of carbonyl (C=O) groups is 3. The average Bonchev–Trinajstić information content (AvgIpc) is 3.56. The highest BCUT2D eigenvalue weighted by molar-refractivity contribution is 6.40. The minimum Gasteiger partial charge on any atom is -0.445 e. The van der Waals surface area contributed by atoms with Gasteiger partial charge in [-0.15, -0.1) is 0 Å². The Morgan fingerprint density at radius 2 is 1.77 bits per heavy atom. The molecular formula is C34H32Cl2N4O7. The van der Waals surface area contributed by atoms with E-state index in [4.69, 9.17) is 37.4 Å². The number of benzene rings is 3. The van der Waals surface area contributed by atoms with E-state index in [0.717, 1.165) is 21.6 Å². The Morgan fingerprint density at radius 3 is 2.47 bits per heavy atom. The van der Waals surface area contributed by atoms with Crippen LogP contribution in [-0.2, 0) is 43.6 Å². The maximum absolute atomic E-state index is 13.4. The molecule has 1 unspecified atom stereocenters. The molecule has 2 saturated heterocycles. The Bertz CT molecular complexity index is 1750. The number of nitrogens with one attached hydrogen (secondary N) is 1. The molecule has 1 aromatic heterocycles. The van der Waals surface area contributed by atoms with Crippen LogP contribution < -0.4 is 10.2 Å². The quantitative estimate of drug-likeness (QED) is 0.215. The van der Waals surface area contributed by atoms with E-state index < -0.39 is 42.4 Å². The number of rotatable bonds is 9. The summed E-state index contributed by atoms with van der Waals surface area (Å²) in [5, 5.41) is 12.5. The molecule has 0 aliphatic carbocycles. The van der Waals surface area contributed by atoms with Crippen molar-refractivity contribution in [2.75, 3.05) is 4.90 Å². The second kappa shape index (κ2) is 14.2. The molecule has 3 aromatic carbocycles. The van der Waals surface area contributed by atoms with Crippen LogP contribution in [0.1, 0.15) is 48.0 Å². The van der Waals surface area contributed by atoms with Gasteiger partial charge in [-0.2, -0.15) is 0 Å². The van der Waals surface area contributed by atoms with Gasteiger partial charge in [0.2, 0.25) is 5.91 Å². The van der Waals surface area contributed by atoms with E-state index in [9.17, 15) is 19.5 Å². The number of nitrogens with zero attached hydrogens (tertiary/aromatic N) is 3. The first-order valence-electron chi connectivity index (χ1n) is 15.0. The zero-order chi connectivity index (χ0) is 33.1. The summed E-state index contributed by atoms with van der Waals surface area (Å²) in [5.41, 5.74) is 3.34. The molecule has 2 fully saturated rings. The summed E-state index contributed by atoms with van der Waals surface area (Å²) in [6, 6.07) is 22.3. The summed E-state index contributed by atoms with van der Waals surface area (Å²) in [6.07, 6.45) is -1.17. The van der Waals surface area contributed by atoms with Crippen molar-refractivity contribution in [1.82, 2.24) is 14.9 Å². The third kappa shape index (κ3) is 7.19. The molecule has 11 nitrogen and oxygen atoms in total. The third-order valence-electron chi connectivity index (χ3n) is 8.28. The molecule has 13 heteroatoms. The lowest BCUT2D eigenvalue weighted by atomic mass is 9.90. The normalized spacial score (nSPS) is 22.8. The molecule has 0 spiro atoms. The topological polar surface area (TPSA) is 132 Å². The maximum Gasteiger partial charge on any atom is 0.408 e. The van der Waals surface area contributed by atoms with Crippen molar-refractivity contribution in [1.29, 1.82) is 0 Å². The minimum atomic E-state index is -1.07. The van der Waals surface area contributed by atoms with Crippen molar-refractivity contribution in [3.8, 4) is 0 Å². The summed E-state index contributed by atoms with van der Waals surface area (Å²) in [7, 11) is 0. The molecule has 0 bridgehead atoms. The summed E-state index contributed by atoms with van der Waals surface area (Å²) in [5.74, 6) is -1.19. The molecule has 6 rings (SSSR count). The molecule has 2 N–H and O–H groups in total. The van der Waals surface area contributed by atoms with Crippen LogP contribution in [0.4, 0.5) is 10.5 Å². The van der Waals surface area contributed by atoms with Crippen LogP contribution in [0.3, 0.4) is 0 Å². The lowest BCUT2D eigenvalue weighted by molar-refractivity contribution is -0.276. The predicted octanol–water partition coefficient (Wildman–Crippen LogP) is 5.73. The van der Waals surface area contributed by atoms with E-state index in [1.54, 1.807) is 35.2 Å². The van der Waals surface area contributed by atoms with Gasteiger partial charge in [0.15, 0.2) is 11.4 Å². The molecule has 244 valence electrons. The number of imide groups is 1. The van der Waals surface area contributed by atoms with Crippen LogP contribution >= 0.6 is 23.2 Å². The van der Waals surface area contributed by atoms with Gasteiger partial charge in [0, 0.05) is 11.5 Å². The van der Waals surface area contributed by atoms with E-state index in [-0.39, 0.29) is 35.9 Å². The largest absolute Gasteiger partial charge is 0.445 e. The predicted molar refractivity (Wildman–Crippen MR) is 172 cm³/mol. The standard InChI is InChI=1S/C34H32Cl2N4O7/c1-20-27(16-39-19-37-30(35)31(39)36)46-33(47-29(20)23-12-10-21(17-41)11-13-23)24-8-5-9-25(14-24)40-28(42)15-26(32(40)43)38-34(44)45-18-22-6-3-2-4-7-22/h2-14,19-20,26-27,29,33,41H,15-18H2,1H3,(H,38,44)/t20-,26?,27+,29+,33+/m1/s1. The number of aliphatic hydroxyl groups excluding tert-OH is 1. The smallest absolute Gasteiger partial charge is 0.408 e. The monoisotopic (exact) mass is 678 g/mol. The van der Waals surface area contributed by atoms with Crippen LogP contribution in [0.5, 0.6) is 0 Å². The van der Waals surface area contributed by atoms with Gasteiger partial charge in [-0.25, -0.2) is 14.7 Å². The van der Waals surface area contributed by atoms with Crippen LogP contribution in [0, 0.1) is 5.92 Å². The van der Waals surface area contributed by atoms with Crippen molar-refractivity contribution >= 4 is 46.8 Å². The summed E-state index contributed by atoms with van der Waals surface area (Å²) in [4.78, 5) is 44.0. The molecule has 47 heavy (non-hydrogen) atoms. The van der Waals surface area contributed by atoms with Gasteiger partial charge in [0.1, 0.15) is 17.8 Å². The fourth-order valence-corrected chi connectivity index (χ4v) is 6.04. The number of imidazole rings is 1. The fourth-order valence-electron chi connectivity index (χ4n) is 5.73. The Kier molecular flexibility index (Phi) is 9.90. The van der Waals surface area contributed by atoms with E-state index in [2.05, 4.69) is 10.3 Å². The highest BCUT2D eigenvalue weighted by Crippen LogP contribution is 2.43. The van der Waals surface area contributed by atoms with Crippen LogP contribution in [0.2, 0.25) is 10.3 Å². The van der Waals surface area contributed by atoms with Crippen LogP contribution in [-0.4, -0.2) is 44.7 Å². The maximum atomic E-state index is 13.4. The molecular weight excluding hydrogens is 647 g/mol. The van der Waals surface area contributed by atoms with Crippen molar-refractivity contribution in [2.45, 2.75) is 57.6 Å². The second-order valence-electron chi connectivity index (χ2n) is 11.4. The number of anilines is 1. The van der Waals surface area contributed by atoms with E-state index in [1.165, 1.54) is 0 Å². The molecule has 0 radical (unpaired) electrons. The van der Waals surface area contributed by atoms with Gasteiger partial charge in [0.25, 0.3) is 5.91 Å². The highest BCUT2D eigenvalue weighted by Gasteiger charge is 2.42. The Balaban J connectivity index is 1.21. The lowest BCUT2D eigenvalue weighted by Gasteiger charge is -2.41. The Labute approximate surface area is 281 Å².